The van der Waals surface area contributed by atoms with Gasteiger partial charge in [-0.05, 0) is 30.2 Å². The normalized spacial score (nSPS) is 16.5. The average Bonchev–Trinajstić information content (AvgIpc) is 2.66. The molecule has 3 rings (SSSR count). The molecule has 27 heavy (non-hydrogen) atoms. The average molecular weight is 370 g/mol. The number of nitrogens with zero attached hydrogens (tertiary/aromatic N) is 1. The van der Waals surface area contributed by atoms with Crippen LogP contribution in [0.3, 0.4) is 0 Å². The van der Waals surface area contributed by atoms with Gasteiger partial charge in [-0.15, -0.1) is 0 Å². The van der Waals surface area contributed by atoms with Crippen molar-refractivity contribution < 1.29 is 19.4 Å². The van der Waals surface area contributed by atoms with Gasteiger partial charge in [0, 0.05) is 30.8 Å². The first-order valence-corrected chi connectivity index (χ1v) is 8.98. The standard InChI is InChI=1S/C21H26N2O4/c1-14-6-4-5-7-15(14)10-22-20(25)13-23-11-16-18(26-2)8-9-19(27-3)21(16)17(24)12-23/h4-9,17,24H,10-13H2,1-3H3,(H,22,25)/t17-/m0/s1. The van der Waals surface area contributed by atoms with Gasteiger partial charge in [0.2, 0.25) is 5.91 Å². The molecule has 1 aliphatic rings. The highest BCUT2D eigenvalue weighted by Gasteiger charge is 2.30. The van der Waals surface area contributed by atoms with Crippen molar-refractivity contribution in [1.29, 1.82) is 0 Å². The van der Waals surface area contributed by atoms with Crippen LogP contribution in [0.15, 0.2) is 36.4 Å². The summed E-state index contributed by atoms with van der Waals surface area (Å²) in [6.07, 6.45) is -0.733. The molecule has 0 radical (unpaired) electrons. The van der Waals surface area contributed by atoms with E-state index in [-0.39, 0.29) is 12.5 Å². The molecule has 1 atom stereocenters. The first kappa shape index (κ1) is 19.2. The molecule has 0 aliphatic carbocycles. The van der Waals surface area contributed by atoms with Crippen LogP contribution in [0.2, 0.25) is 0 Å². The van der Waals surface area contributed by atoms with E-state index in [0.29, 0.717) is 31.1 Å². The quantitative estimate of drug-likeness (QED) is 0.816. The van der Waals surface area contributed by atoms with E-state index < -0.39 is 6.10 Å². The van der Waals surface area contributed by atoms with Gasteiger partial charge in [-0.25, -0.2) is 0 Å². The van der Waals surface area contributed by atoms with Crippen LogP contribution in [0, 0.1) is 6.92 Å². The Morgan fingerprint density at radius 2 is 1.89 bits per heavy atom. The van der Waals surface area contributed by atoms with Gasteiger partial charge < -0.3 is 19.9 Å². The number of fused-ring (bicyclic) bond motifs is 1. The highest BCUT2D eigenvalue weighted by atomic mass is 16.5. The number of ether oxygens (including phenoxy) is 2. The summed E-state index contributed by atoms with van der Waals surface area (Å²) in [5.41, 5.74) is 3.86. The maximum absolute atomic E-state index is 12.4. The van der Waals surface area contributed by atoms with Gasteiger partial charge in [0.1, 0.15) is 11.5 Å². The molecule has 2 aromatic rings. The summed E-state index contributed by atoms with van der Waals surface area (Å²) in [4.78, 5) is 14.3. The zero-order valence-electron chi connectivity index (χ0n) is 16.0. The molecule has 0 saturated heterocycles. The Hall–Kier alpha value is -2.57. The fourth-order valence-corrected chi connectivity index (χ4v) is 3.53. The molecular weight excluding hydrogens is 344 g/mol. The SMILES string of the molecule is COc1ccc(OC)c2c1CN(CC(=O)NCc1ccccc1C)C[C@@H]2O. The third-order valence-electron chi connectivity index (χ3n) is 4.96. The van der Waals surface area contributed by atoms with Gasteiger partial charge in [-0.2, -0.15) is 0 Å². The summed E-state index contributed by atoms with van der Waals surface area (Å²) < 4.78 is 10.8. The Labute approximate surface area is 159 Å². The predicted molar refractivity (Wildman–Crippen MR) is 103 cm³/mol. The van der Waals surface area contributed by atoms with Crippen LogP contribution >= 0.6 is 0 Å². The highest BCUT2D eigenvalue weighted by Crippen LogP contribution is 2.39. The van der Waals surface area contributed by atoms with Crippen LogP contribution in [-0.2, 0) is 17.9 Å². The van der Waals surface area contributed by atoms with Crippen molar-refractivity contribution in [3.05, 3.63) is 58.7 Å². The summed E-state index contributed by atoms with van der Waals surface area (Å²) in [5, 5.41) is 13.6. The van der Waals surface area contributed by atoms with Crippen molar-refractivity contribution in [1.82, 2.24) is 10.2 Å². The number of hydrogen-bond donors (Lipinski definition) is 2. The zero-order valence-corrected chi connectivity index (χ0v) is 16.0. The predicted octanol–water partition coefficient (Wildman–Crippen LogP) is 2.18. The maximum atomic E-state index is 12.4. The Morgan fingerprint density at radius 1 is 1.19 bits per heavy atom. The number of nitrogens with one attached hydrogen (secondary N) is 1. The van der Waals surface area contributed by atoms with Gasteiger partial charge in [-0.1, -0.05) is 24.3 Å². The van der Waals surface area contributed by atoms with E-state index in [2.05, 4.69) is 5.32 Å². The third-order valence-corrected chi connectivity index (χ3v) is 4.96. The molecule has 0 bridgehead atoms. The van der Waals surface area contributed by atoms with Crippen LogP contribution < -0.4 is 14.8 Å². The monoisotopic (exact) mass is 370 g/mol. The molecule has 144 valence electrons. The summed E-state index contributed by atoms with van der Waals surface area (Å²) in [6.45, 7) is 3.62. The third kappa shape index (κ3) is 4.23. The van der Waals surface area contributed by atoms with Gasteiger partial charge in [0.15, 0.2) is 0 Å². The molecule has 6 heteroatoms. The molecular formula is C21H26N2O4. The number of methoxy groups -OCH3 is 2. The van der Waals surface area contributed by atoms with Crippen molar-refractivity contribution in [3.63, 3.8) is 0 Å². The highest BCUT2D eigenvalue weighted by molar-refractivity contribution is 5.78. The largest absolute Gasteiger partial charge is 0.496 e. The Kier molecular flexibility index (Phi) is 5.98. The number of β-amino-alcohol motifs (C(OH)–C–C–N with tert-alkyl or cyclic N) is 1. The van der Waals surface area contributed by atoms with Crippen molar-refractivity contribution in [3.8, 4) is 11.5 Å². The van der Waals surface area contributed by atoms with Crippen LogP contribution in [0.4, 0.5) is 0 Å². The molecule has 0 saturated carbocycles. The zero-order chi connectivity index (χ0) is 19.4. The van der Waals surface area contributed by atoms with E-state index in [9.17, 15) is 9.90 Å². The van der Waals surface area contributed by atoms with Crippen molar-refractivity contribution in [2.75, 3.05) is 27.3 Å². The molecule has 6 nitrogen and oxygen atoms in total. The Bertz CT molecular complexity index is 822. The first-order valence-electron chi connectivity index (χ1n) is 8.98. The van der Waals surface area contributed by atoms with Gasteiger partial charge >= 0.3 is 0 Å². The molecule has 0 spiro atoms. The first-order chi connectivity index (χ1) is 13.0. The number of carbonyl (C=O) groups excluding carboxylic acids is 1. The number of carbonyl (C=O) groups is 1. The number of aliphatic hydroxyl groups is 1. The minimum absolute atomic E-state index is 0.0734. The van der Waals surface area contributed by atoms with E-state index in [0.717, 1.165) is 22.3 Å². The number of amides is 1. The minimum Gasteiger partial charge on any atom is -0.496 e. The number of aliphatic hydroxyl groups excluding tert-OH is 1. The second-order valence-corrected chi connectivity index (χ2v) is 6.75. The van der Waals surface area contributed by atoms with E-state index in [1.807, 2.05) is 42.2 Å². The fourth-order valence-electron chi connectivity index (χ4n) is 3.53. The molecule has 1 amide bonds. The molecule has 0 fully saturated rings. The number of rotatable bonds is 6. The fraction of sp³-hybridized carbons (Fsp3) is 0.381. The van der Waals surface area contributed by atoms with Crippen LogP contribution in [0.5, 0.6) is 11.5 Å². The van der Waals surface area contributed by atoms with Crippen molar-refractivity contribution in [2.45, 2.75) is 26.1 Å². The second kappa shape index (κ2) is 8.41. The number of benzene rings is 2. The summed E-state index contributed by atoms with van der Waals surface area (Å²) in [5.74, 6) is 1.26. The van der Waals surface area contributed by atoms with Crippen LogP contribution in [0.1, 0.15) is 28.4 Å². The van der Waals surface area contributed by atoms with Crippen molar-refractivity contribution in [2.24, 2.45) is 0 Å². The summed E-state index contributed by atoms with van der Waals surface area (Å²) in [6, 6.07) is 11.6. The molecule has 2 N–H and O–H groups in total. The number of aryl methyl sites for hydroxylation is 1. The second-order valence-electron chi connectivity index (χ2n) is 6.75. The van der Waals surface area contributed by atoms with E-state index >= 15 is 0 Å². The van der Waals surface area contributed by atoms with E-state index in [4.69, 9.17) is 9.47 Å². The Morgan fingerprint density at radius 3 is 2.59 bits per heavy atom. The lowest BCUT2D eigenvalue weighted by Crippen LogP contribution is -2.41. The summed E-state index contributed by atoms with van der Waals surface area (Å²) in [7, 11) is 3.18. The molecule has 2 aromatic carbocycles. The van der Waals surface area contributed by atoms with E-state index in [1.54, 1.807) is 20.3 Å². The van der Waals surface area contributed by atoms with Gasteiger partial charge in [0.05, 0.1) is 26.9 Å². The minimum atomic E-state index is -0.733. The molecule has 1 heterocycles. The maximum Gasteiger partial charge on any atom is 0.234 e. The lowest BCUT2D eigenvalue weighted by atomic mass is 9.95. The van der Waals surface area contributed by atoms with Crippen LogP contribution in [0.25, 0.3) is 0 Å². The lowest BCUT2D eigenvalue weighted by Gasteiger charge is -2.33. The van der Waals surface area contributed by atoms with Crippen molar-refractivity contribution >= 4 is 5.91 Å². The molecule has 0 aromatic heterocycles. The molecule has 0 unspecified atom stereocenters. The van der Waals surface area contributed by atoms with Gasteiger partial charge in [-0.3, -0.25) is 9.69 Å². The van der Waals surface area contributed by atoms with E-state index in [1.165, 1.54) is 0 Å². The topological polar surface area (TPSA) is 71.0 Å². The number of hydrogen-bond acceptors (Lipinski definition) is 5. The molecule has 1 aliphatic heterocycles. The van der Waals surface area contributed by atoms with Gasteiger partial charge in [0.25, 0.3) is 0 Å². The lowest BCUT2D eigenvalue weighted by molar-refractivity contribution is -0.123. The smallest absolute Gasteiger partial charge is 0.234 e. The summed E-state index contributed by atoms with van der Waals surface area (Å²) >= 11 is 0. The van der Waals surface area contributed by atoms with Crippen LogP contribution in [-0.4, -0.2) is 43.2 Å². The Balaban J connectivity index is 1.68.